The van der Waals surface area contributed by atoms with Gasteiger partial charge in [-0.3, -0.25) is 5.10 Å². The van der Waals surface area contributed by atoms with Crippen LogP contribution in [0.2, 0.25) is 0 Å². The number of aromatic nitrogens is 2. The molecule has 6 heteroatoms. The highest BCUT2D eigenvalue weighted by Gasteiger charge is 2.26. The Labute approximate surface area is 148 Å². The number of fused-ring (bicyclic) bond motifs is 1. The lowest BCUT2D eigenvalue weighted by Crippen LogP contribution is -2.51. The second kappa shape index (κ2) is 7.70. The second-order valence-corrected chi connectivity index (χ2v) is 7.21. The smallest absolute Gasteiger partial charge is 0.315 e. The third kappa shape index (κ3) is 4.82. The fraction of sp³-hybridized carbons (Fsp3) is 0.474. The minimum Gasteiger partial charge on any atom is -0.374 e. The van der Waals surface area contributed by atoms with Gasteiger partial charge in [0.2, 0.25) is 0 Å². The van der Waals surface area contributed by atoms with E-state index in [1.807, 2.05) is 50.4 Å². The van der Waals surface area contributed by atoms with Crippen molar-refractivity contribution in [2.75, 3.05) is 6.61 Å². The number of benzene rings is 1. The average Bonchev–Trinajstić information content (AvgIpc) is 3.05. The molecule has 0 spiro atoms. The maximum Gasteiger partial charge on any atom is 0.315 e. The zero-order valence-corrected chi connectivity index (χ0v) is 14.8. The number of nitrogens with one attached hydrogen (secondary N) is 3. The van der Waals surface area contributed by atoms with Gasteiger partial charge in [0.1, 0.15) is 0 Å². The third-order valence-electron chi connectivity index (χ3n) is 4.37. The van der Waals surface area contributed by atoms with E-state index in [2.05, 4.69) is 20.8 Å². The van der Waals surface area contributed by atoms with Crippen LogP contribution >= 0.6 is 0 Å². The first-order valence-corrected chi connectivity index (χ1v) is 8.76. The Morgan fingerprint density at radius 3 is 2.96 bits per heavy atom. The molecule has 3 rings (SSSR count). The second-order valence-electron chi connectivity index (χ2n) is 7.21. The van der Waals surface area contributed by atoms with E-state index < -0.39 is 5.54 Å². The molecule has 0 fully saturated rings. The van der Waals surface area contributed by atoms with Crippen molar-refractivity contribution >= 4 is 6.03 Å². The molecule has 1 heterocycles. The van der Waals surface area contributed by atoms with Gasteiger partial charge >= 0.3 is 6.03 Å². The van der Waals surface area contributed by atoms with Gasteiger partial charge in [-0.2, -0.15) is 5.10 Å². The summed E-state index contributed by atoms with van der Waals surface area (Å²) in [4.78, 5) is 12.4. The van der Waals surface area contributed by atoms with Crippen LogP contribution in [0.4, 0.5) is 4.79 Å². The molecule has 1 aromatic heterocycles. The molecule has 6 nitrogen and oxygen atoms in total. The van der Waals surface area contributed by atoms with Gasteiger partial charge in [0.15, 0.2) is 0 Å². The zero-order valence-electron chi connectivity index (χ0n) is 14.8. The first-order valence-electron chi connectivity index (χ1n) is 8.76. The Hall–Kier alpha value is -2.34. The first-order chi connectivity index (χ1) is 12.0. The van der Waals surface area contributed by atoms with E-state index in [-0.39, 0.29) is 12.1 Å². The van der Waals surface area contributed by atoms with Gasteiger partial charge in [-0.25, -0.2) is 4.79 Å². The van der Waals surface area contributed by atoms with E-state index in [1.54, 1.807) is 0 Å². The van der Waals surface area contributed by atoms with Crippen molar-refractivity contribution < 1.29 is 9.53 Å². The van der Waals surface area contributed by atoms with Crippen LogP contribution in [0.1, 0.15) is 49.6 Å². The number of hydrogen-bond donors (Lipinski definition) is 3. The number of carbonyl (C=O) groups excluding carboxylic acids is 1. The quantitative estimate of drug-likeness (QED) is 0.755. The molecule has 1 aliphatic carbocycles. The molecule has 3 N–H and O–H groups in total. The summed E-state index contributed by atoms with van der Waals surface area (Å²) in [5, 5.41) is 13.2. The van der Waals surface area contributed by atoms with Crippen LogP contribution in [0.5, 0.6) is 0 Å². The summed E-state index contributed by atoms with van der Waals surface area (Å²) >= 11 is 0. The molecule has 0 saturated heterocycles. The number of aromatic amines is 1. The number of rotatable bonds is 6. The molecule has 0 saturated carbocycles. The third-order valence-corrected chi connectivity index (χ3v) is 4.37. The average molecular weight is 342 g/mol. The predicted octanol–water partition coefficient (Wildman–Crippen LogP) is 3.08. The van der Waals surface area contributed by atoms with Gasteiger partial charge in [-0.15, -0.1) is 0 Å². The summed E-state index contributed by atoms with van der Waals surface area (Å²) in [7, 11) is 0. The number of aryl methyl sites for hydroxylation is 1. The summed E-state index contributed by atoms with van der Waals surface area (Å²) in [5.74, 6) is 0. The molecule has 1 aromatic carbocycles. The van der Waals surface area contributed by atoms with Crippen LogP contribution in [0.25, 0.3) is 0 Å². The van der Waals surface area contributed by atoms with Crippen molar-refractivity contribution in [3.63, 3.8) is 0 Å². The molecular formula is C19H26N4O2. The summed E-state index contributed by atoms with van der Waals surface area (Å²) < 4.78 is 5.76. The van der Waals surface area contributed by atoms with E-state index in [9.17, 15) is 4.79 Å². The van der Waals surface area contributed by atoms with Gasteiger partial charge in [0.25, 0.3) is 0 Å². The van der Waals surface area contributed by atoms with Gasteiger partial charge in [0.05, 0.1) is 36.7 Å². The minimum absolute atomic E-state index is 0.00714. The Morgan fingerprint density at radius 1 is 1.36 bits per heavy atom. The normalized spacial score (nSPS) is 17.0. The number of carbonyl (C=O) groups is 1. The van der Waals surface area contributed by atoms with Crippen LogP contribution < -0.4 is 10.6 Å². The lowest BCUT2D eigenvalue weighted by Gasteiger charge is -2.29. The fourth-order valence-corrected chi connectivity index (χ4v) is 3.14. The SMILES string of the molecule is CC(C)(COCc1ccccc1)NC(=O)N[C@H]1CCCc2cn[nH]c21. The van der Waals surface area contributed by atoms with Gasteiger partial charge in [0, 0.05) is 0 Å². The van der Waals surface area contributed by atoms with E-state index in [0.29, 0.717) is 13.2 Å². The van der Waals surface area contributed by atoms with Crippen LogP contribution in [0.15, 0.2) is 36.5 Å². The fourth-order valence-electron chi connectivity index (χ4n) is 3.14. The van der Waals surface area contributed by atoms with Crippen molar-refractivity contribution in [2.24, 2.45) is 0 Å². The van der Waals surface area contributed by atoms with Gasteiger partial charge in [-0.05, 0) is 44.2 Å². The molecular weight excluding hydrogens is 316 g/mol. The molecule has 1 atom stereocenters. The van der Waals surface area contributed by atoms with Crippen molar-refractivity contribution in [2.45, 2.75) is 51.3 Å². The van der Waals surface area contributed by atoms with Crippen LogP contribution in [-0.4, -0.2) is 28.4 Å². The standard InChI is InChI=1S/C19H26N4O2/c1-19(2,13-25-12-14-7-4-3-5-8-14)22-18(24)21-16-10-6-9-15-11-20-23-17(15)16/h3-5,7-8,11,16H,6,9-10,12-13H2,1-2H3,(H,20,23)(H2,21,22,24)/t16-/m0/s1. The van der Waals surface area contributed by atoms with Crippen LogP contribution in [-0.2, 0) is 17.8 Å². The lowest BCUT2D eigenvalue weighted by molar-refractivity contribution is 0.0741. The van der Waals surface area contributed by atoms with Crippen LogP contribution in [0, 0.1) is 0 Å². The van der Waals surface area contributed by atoms with Crippen molar-refractivity contribution in [1.29, 1.82) is 0 Å². The maximum atomic E-state index is 12.4. The summed E-state index contributed by atoms with van der Waals surface area (Å²) in [6.45, 7) is 4.89. The molecule has 1 aliphatic rings. The van der Waals surface area contributed by atoms with Gasteiger partial charge < -0.3 is 15.4 Å². The lowest BCUT2D eigenvalue weighted by atomic mass is 9.94. The molecule has 2 aromatic rings. The number of H-pyrrole nitrogens is 1. The Morgan fingerprint density at radius 2 is 2.16 bits per heavy atom. The molecule has 0 bridgehead atoms. The van der Waals surface area contributed by atoms with Crippen molar-refractivity contribution in [3.05, 3.63) is 53.3 Å². The monoisotopic (exact) mass is 342 g/mol. The molecule has 2 amide bonds. The Kier molecular flexibility index (Phi) is 5.38. The first kappa shape index (κ1) is 17.5. The topological polar surface area (TPSA) is 79.0 Å². The number of urea groups is 1. The molecule has 0 unspecified atom stereocenters. The highest BCUT2D eigenvalue weighted by molar-refractivity contribution is 5.75. The number of hydrogen-bond acceptors (Lipinski definition) is 3. The highest BCUT2D eigenvalue weighted by atomic mass is 16.5. The zero-order chi connectivity index (χ0) is 17.7. The largest absolute Gasteiger partial charge is 0.374 e. The summed E-state index contributed by atoms with van der Waals surface area (Å²) in [6.07, 6.45) is 4.85. The van der Waals surface area contributed by atoms with E-state index >= 15 is 0 Å². The summed E-state index contributed by atoms with van der Waals surface area (Å²) in [5.41, 5.74) is 2.89. The maximum absolute atomic E-state index is 12.4. The van der Waals surface area contributed by atoms with Crippen molar-refractivity contribution in [1.82, 2.24) is 20.8 Å². The van der Waals surface area contributed by atoms with E-state index in [1.165, 1.54) is 5.56 Å². The highest BCUT2D eigenvalue weighted by Crippen LogP contribution is 2.27. The number of ether oxygens (including phenoxy) is 1. The summed E-state index contributed by atoms with van der Waals surface area (Å²) in [6, 6.07) is 9.83. The van der Waals surface area contributed by atoms with Crippen LogP contribution in [0.3, 0.4) is 0 Å². The van der Waals surface area contributed by atoms with Gasteiger partial charge in [-0.1, -0.05) is 30.3 Å². The molecule has 0 aliphatic heterocycles. The molecule has 0 radical (unpaired) electrons. The number of nitrogens with zero attached hydrogens (tertiary/aromatic N) is 1. The Balaban J connectivity index is 1.47. The van der Waals surface area contributed by atoms with E-state index in [4.69, 9.17) is 4.74 Å². The van der Waals surface area contributed by atoms with E-state index in [0.717, 1.165) is 30.5 Å². The van der Waals surface area contributed by atoms with Crippen molar-refractivity contribution in [3.8, 4) is 0 Å². The molecule has 25 heavy (non-hydrogen) atoms. The number of amides is 2. The minimum atomic E-state index is -0.454. The Bertz CT molecular complexity index is 696. The predicted molar refractivity (Wildman–Crippen MR) is 96.1 cm³/mol. The molecule has 134 valence electrons.